The van der Waals surface area contributed by atoms with E-state index in [4.69, 9.17) is 4.74 Å². The number of hydrogen-bond donors (Lipinski definition) is 0. The van der Waals surface area contributed by atoms with E-state index in [0.29, 0.717) is 29.8 Å². The minimum Gasteiger partial charge on any atom is -0.456 e. The Morgan fingerprint density at radius 3 is 2.44 bits per heavy atom. The number of hydrogen-bond acceptors (Lipinski definition) is 6. The SMILES string of the molecule is Cc1cc(C(=O)COC(=O)[C@@H]2CCCN2S(C)(=O)=O)c(C)n1-c1ccc(OC(F)F)cc1. The number of nitrogens with zero attached hydrogens (tertiary/aromatic N) is 2. The van der Waals surface area contributed by atoms with Crippen molar-refractivity contribution in [3.05, 3.63) is 47.3 Å². The van der Waals surface area contributed by atoms with E-state index in [1.54, 1.807) is 36.6 Å². The monoisotopic (exact) mass is 470 g/mol. The van der Waals surface area contributed by atoms with Gasteiger partial charge in [0.05, 0.1) is 6.26 Å². The van der Waals surface area contributed by atoms with Gasteiger partial charge in [0.1, 0.15) is 11.8 Å². The Balaban J connectivity index is 1.71. The van der Waals surface area contributed by atoms with Crippen LogP contribution < -0.4 is 4.74 Å². The van der Waals surface area contributed by atoms with Gasteiger partial charge in [0.15, 0.2) is 6.61 Å². The average Bonchev–Trinajstić information content (AvgIpc) is 3.31. The molecule has 1 aromatic carbocycles. The van der Waals surface area contributed by atoms with Gasteiger partial charge >= 0.3 is 12.6 Å². The van der Waals surface area contributed by atoms with Crippen molar-refractivity contribution in [2.75, 3.05) is 19.4 Å². The summed E-state index contributed by atoms with van der Waals surface area (Å²) in [7, 11) is -3.54. The van der Waals surface area contributed by atoms with Crippen molar-refractivity contribution >= 4 is 21.8 Å². The zero-order valence-electron chi connectivity index (χ0n) is 17.9. The number of aromatic nitrogens is 1. The number of ether oxygens (including phenoxy) is 2. The largest absolute Gasteiger partial charge is 0.456 e. The van der Waals surface area contributed by atoms with Gasteiger partial charge in [-0.05, 0) is 57.0 Å². The molecule has 0 saturated carbocycles. The number of Topliss-reactive ketones (excluding diaryl/α,β-unsaturated/α-hetero) is 1. The number of benzene rings is 1. The molecular formula is C21H24F2N2O6S. The normalized spacial score (nSPS) is 17.0. The second kappa shape index (κ2) is 9.37. The Hall–Kier alpha value is -2.79. The summed E-state index contributed by atoms with van der Waals surface area (Å²) in [5, 5.41) is 0. The third-order valence-electron chi connectivity index (χ3n) is 5.30. The van der Waals surface area contributed by atoms with Crippen LogP contribution in [0.3, 0.4) is 0 Å². The predicted molar refractivity (Wildman–Crippen MR) is 112 cm³/mol. The standard InChI is InChI=1S/C21H24F2N2O6S/c1-13-11-17(14(2)25(13)15-6-8-16(9-7-15)31-21(22)23)19(26)12-30-20(27)18-5-4-10-24(18)32(3,28)29/h6-9,11,18,21H,4-5,10,12H2,1-3H3/t18-/m0/s1. The molecule has 174 valence electrons. The van der Waals surface area contributed by atoms with Crippen LogP contribution in [0.4, 0.5) is 8.78 Å². The lowest BCUT2D eigenvalue weighted by atomic mass is 10.1. The predicted octanol–water partition coefficient (Wildman–Crippen LogP) is 2.85. The molecule has 0 amide bonds. The van der Waals surface area contributed by atoms with Crippen LogP contribution in [0, 0.1) is 13.8 Å². The Kier molecular flexibility index (Phi) is 6.99. The minimum atomic E-state index is -3.54. The second-order valence-electron chi connectivity index (χ2n) is 7.56. The van der Waals surface area contributed by atoms with Gasteiger partial charge in [-0.25, -0.2) is 8.42 Å². The second-order valence-corrected chi connectivity index (χ2v) is 9.49. The van der Waals surface area contributed by atoms with Crippen LogP contribution in [-0.4, -0.2) is 61.1 Å². The number of rotatable bonds is 8. The van der Waals surface area contributed by atoms with Gasteiger partial charge in [0.2, 0.25) is 15.8 Å². The van der Waals surface area contributed by atoms with Crippen LogP contribution in [0.15, 0.2) is 30.3 Å². The first-order valence-electron chi connectivity index (χ1n) is 9.90. The van der Waals surface area contributed by atoms with E-state index in [1.165, 1.54) is 12.1 Å². The molecule has 1 fully saturated rings. The van der Waals surface area contributed by atoms with Gasteiger partial charge in [-0.3, -0.25) is 9.59 Å². The van der Waals surface area contributed by atoms with Crippen LogP contribution in [0.5, 0.6) is 5.75 Å². The lowest BCUT2D eigenvalue weighted by molar-refractivity contribution is -0.146. The van der Waals surface area contributed by atoms with Crippen LogP contribution in [0.25, 0.3) is 5.69 Å². The molecule has 8 nitrogen and oxygen atoms in total. The number of carbonyl (C=O) groups excluding carboxylic acids is 2. The summed E-state index contributed by atoms with van der Waals surface area (Å²) in [6.45, 7) is 0.305. The van der Waals surface area contributed by atoms with Crippen molar-refractivity contribution < 1.29 is 36.3 Å². The van der Waals surface area contributed by atoms with E-state index in [2.05, 4.69) is 4.74 Å². The molecule has 1 aromatic heterocycles. The highest BCUT2D eigenvalue weighted by atomic mass is 32.2. The summed E-state index contributed by atoms with van der Waals surface area (Å²) in [4.78, 5) is 25.1. The average molecular weight is 470 g/mol. The van der Waals surface area contributed by atoms with E-state index in [1.807, 2.05) is 0 Å². The highest BCUT2D eigenvalue weighted by Gasteiger charge is 2.37. The minimum absolute atomic E-state index is 0.0180. The zero-order valence-corrected chi connectivity index (χ0v) is 18.7. The van der Waals surface area contributed by atoms with E-state index in [-0.39, 0.29) is 12.3 Å². The number of ketones is 1. The maximum Gasteiger partial charge on any atom is 0.387 e. The molecule has 0 radical (unpaired) electrons. The summed E-state index contributed by atoms with van der Waals surface area (Å²) in [5.41, 5.74) is 2.30. The van der Waals surface area contributed by atoms with E-state index in [0.717, 1.165) is 16.3 Å². The van der Waals surface area contributed by atoms with Gasteiger partial charge in [-0.1, -0.05) is 0 Å². The highest BCUT2D eigenvalue weighted by molar-refractivity contribution is 7.88. The maximum atomic E-state index is 12.7. The number of sulfonamides is 1. The van der Waals surface area contributed by atoms with Crippen LogP contribution >= 0.6 is 0 Å². The molecule has 1 aliphatic rings. The molecule has 1 aliphatic heterocycles. The van der Waals surface area contributed by atoms with E-state index < -0.39 is 41.0 Å². The molecule has 32 heavy (non-hydrogen) atoms. The molecule has 2 aromatic rings. The third-order valence-corrected chi connectivity index (χ3v) is 6.59. The van der Waals surface area contributed by atoms with Gasteiger partial charge in [-0.2, -0.15) is 13.1 Å². The van der Waals surface area contributed by atoms with Crippen molar-refractivity contribution in [3.8, 4) is 11.4 Å². The molecule has 0 spiro atoms. The number of aryl methyl sites for hydroxylation is 1. The maximum absolute atomic E-state index is 12.7. The first-order valence-corrected chi connectivity index (χ1v) is 11.7. The van der Waals surface area contributed by atoms with E-state index in [9.17, 15) is 26.8 Å². The first-order chi connectivity index (χ1) is 15.0. The van der Waals surface area contributed by atoms with Crippen LogP contribution in [0.2, 0.25) is 0 Å². The first kappa shape index (κ1) is 23.9. The fourth-order valence-corrected chi connectivity index (χ4v) is 5.02. The van der Waals surface area contributed by atoms with Crippen LogP contribution in [-0.2, 0) is 19.6 Å². The lowest BCUT2D eigenvalue weighted by Gasteiger charge is -2.20. The van der Waals surface area contributed by atoms with Gasteiger partial charge < -0.3 is 14.0 Å². The van der Waals surface area contributed by atoms with Gasteiger partial charge in [-0.15, -0.1) is 0 Å². The van der Waals surface area contributed by atoms with Crippen LogP contribution in [0.1, 0.15) is 34.6 Å². The van der Waals surface area contributed by atoms with Crippen molar-refractivity contribution in [2.45, 2.75) is 39.3 Å². The Morgan fingerprint density at radius 1 is 1.19 bits per heavy atom. The Labute approximate surface area is 184 Å². The molecule has 0 aliphatic carbocycles. The lowest BCUT2D eigenvalue weighted by Crippen LogP contribution is -2.41. The number of carbonyl (C=O) groups is 2. The summed E-state index contributed by atoms with van der Waals surface area (Å²) >= 11 is 0. The molecule has 1 atom stereocenters. The van der Waals surface area contributed by atoms with Crippen molar-refractivity contribution in [3.63, 3.8) is 0 Å². The van der Waals surface area contributed by atoms with E-state index >= 15 is 0 Å². The molecule has 2 heterocycles. The van der Waals surface area contributed by atoms with Crippen molar-refractivity contribution in [1.29, 1.82) is 0 Å². The number of esters is 1. The van der Waals surface area contributed by atoms with Crippen molar-refractivity contribution in [1.82, 2.24) is 8.87 Å². The fraction of sp³-hybridized carbons (Fsp3) is 0.429. The highest BCUT2D eigenvalue weighted by Crippen LogP contribution is 2.25. The number of alkyl halides is 2. The molecular weight excluding hydrogens is 446 g/mol. The topological polar surface area (TPSA) is 94.9 Å². The quantitative estimate of drug-likeness (QED) is 0.435. The smallest absolute Gasteiger partial charge is 0.387 e. The molecule has 0 unspecified atom stereocenters. The fourth-order valence-electron chi connectivity index (χ4n) is 3.90. The summed E-state index contributed by atoms with van der Waals surface area (Å²) in [5.74, 6) is -1.16. The molecule has 0 N–H and O–H groups in total. The third kappa shape index (κ3) is 5.16. The van der Waals surface area contributed by atoms with Gasteiger partial charge in [0, 0.05) is 29.2 Å². The summed E-state index contributed by atoms with van der Waals surface area (Å²) in [6.07, 6.45) is 1.92. The molecule has 11 heteroatoms. The summed E-state index contributed by atoms with van der Waals surface area (Å²) in [6, 6.07) is 6.71. The Morgan fingerprint density at radius 2 is 1.84 bits per heavy atom. The van der Waals surface area contributed by atoms with Gasteiger partial charge in [0.25, 0.3) is 0 Å². The molecule has 1 saturated heterocycles. The summed E-state index contributed by atoms with van der Waals surface area (Å²) < 4.78 is 60.6. The number of halogens is 2. The zero-order chi connectivity index (χ0) is 23.6. The van der Waals surface area contributed by atoms with Crippen molar-refractivity contribution in [2.24, 2.45) is 0 Å². The Bertz CT molecular complexity index is 1110. The molecule has 3 rings (SSSR count). The molecule has 0 bridgehead atoms.